The molecule has 0 aliphatic carbocycles. The first-order chi connectivity index (χ1) is 10.7. The molecule has 0 saturated carbocycles. The van der Waals surface area contributed by atoms with Crippen LogP contribution in [-0.4, -0.2) is 11.7 Å². The van der Waals surface area contributed by atoms with Crippen LogP contribution in [0.4, 0.5) is 0 Å². The molecule has 3 aromatic rings. The normalized spacial score (nSPS) is 12.2. The first-order valence-corrected chi connectivity index (χ1v) is 7.01. The van der Waals surface area contributed by atoms with E-state index >= 15 is 0 Å². The fourth-order valence-electron chi connectivity index (χ4n) is 2.60. The smallest absolute Gasteiger partial charge is 0.123 e. The van der Waals surface area contributed by atoms with Gasteiger partial charge in [-0.05, 0) is 30.3 Å². The maximum Gasteiger partial charge on any atom is 0.123 e. The van der Waals surface area contributed by atoms with Crippen LogP contribution in [0.2, 0.25) is 0 Å². The number of fused-ring (bicyclic) bond motifs is 1. The van der Waals surface area contributed by atoms with Gasteiger partial charge in [-0.1, -0.05) is 0 Å². The lowest BCUT2D eigenvalue weighted by Gasteiger charge is -2.10. The van der Waals surface area contributed by atoms with Gasteiger partial charge in [0.05, 0.1) is 26.0 Å². The first-order valence-electron chi connectivity index (χ1n) is 7.01. The molecule has 0 fully saturated rings. The minimum atomic E-state index is -0.416. The van der Waals surface area contributed by atoms with Gasteiger partial charge in [0.15, 0.2) is 0 Å². The number of nitrogens with zero attached hydrogens (tertiary/aromatic N) is 2. The summed E-state index contributed by atoms with van der Waals surface area (Å²) in [5.74, 6) is 1.58. The van der Waals surface area contributed by atoms with Crippen LogP contribution in [0, 0.1) is 11.3 Å². The number of ether oxygens (including phenoxy) is 1. The standard InChI is InChI=1S/C17H17N3O2/c1-20-11-15(14-8-12(21-2)5-6-17(14)20)16(9-18)19-10-13-4-3-7-22-13/h3-8,11,16,19H,10H2,1-2H3. The van der Waals surface area contributed by atoms with Crippen molar-refractivity contribution in [2.24, 2.45) is 7.05 Å². The van der Waals surface area contributed by atoms with Gasteiger partial charge in [0, 0.05) is 29.7 Å². The predicted octanol–water partition coefficient (Wildman–Crippen LogP) is 3.13. The first kappa shape index (κ1) is 14.2. The molecular formula is C17H17N3O2. The van der Waals surface area contributed by atoms with E-state index in [1.165, 1.54) is 0 Å². The molecule has 0 aliphatic heterocycles. The molecule has 22 heavy (non-hydrogen) atoms. The van der Waals surface area contributed by atoms with Crippen molar-refractivity contribution in [3.63, 3.8) is 0 Å². The van der Waals surface area contributed by atoms with E-state index in [4.69, 9.17) is 9.15 Å². The Balaban J connectivity index is 1.94. The number of aryl methyl sites for hydroxylation is 1. The highest BCUT2D eigenvalue weighted by atomic mass is 16.5. The van der Waals surface area contributed by atoms with Crippen molar-refractivity contribution in [1.82, 2.24) is 9.88 Å². The second-order valence-electron chi connectivity index (χ2n) is 5.10. The summed E-state index contributed by atoms with van der Waals surface area (Å²) in [7, 11) is 3.61. The molecule has 1 atom stereocenters. The monoisotopic (exact) mass is 295 g/mol. The van der Waals surface area contributed by atoms with Gasteiger partial charge >= 0.3 is 0 Å². The molecule has 0 radical (unpaired) electrons. The zero-order valence-electron chi connectivity index (χ0n) is 12.5. The van der Waals surface area contributed by atoms with Crippen molar-refractivity contribution in [2.75, 3.05) is 7.11 Å². The van der Waals surface area contributed by atoms with E-state index < -0.39 is 6.04 Å². The van der Waals surface area contributed by atoms with Gasteiger partial charge in [-0.25, -0.2) is 0 Å². The number of aromatic nitrogens is 1. The van der Waals surface area contributed by atoms with E-state index in [-0.39, 0.29) is 0 Å². The van der Waals surface area contributed by atoms with E-state index in [1.807, 2.05) is 48.1 Å². The molecule has 2 aromatic heterocycles. The molecule has 5 nitrogen and oxygen atoms in total. The molecule has 0 aliphatic rings. The van der Waals surface area contributed by atoms with Gasteiger partial charge in [-0.3, -0.25) is 5.32 Å². The van der Waals surface area contributed by atoms with Crippen LogP contribution >= 0.6 is 0 Å². The molecule has 1 N–H and O–H groups in total. The van der Waals surface area contributed by atoms with E-state index in [1.54, 1.807) is 13.4 Å². The summed E-state index contributed by atoms with van der Waals surface area (Å²) in [6.45, 7) is 0.506. The van der Waals surface area contributed by atoms with Crippen LogP contribution in [0.25, 0.3) is 10.9 Å². The summed E-state index contributed by atoms with van der Waals surface area (Å²) in [6, 6.07) is 11.5. The number of rotatable bonds is 5. The van der Waals surface area contributed by atoms with Gasteiger partial charge in [-0.15, -0.1) is 0 Å². The molecule has 2 heterocycles. The lowest BCUT2D eigenvalue weighted by atomic mass is 10.1. The number of benzene rings is 1. The summed E-state index contributed by atoms with van der Waals surface area (Å²) >= 11 is 0. The Morgan fingerprint density at radius 2 is 2.27 bits per heavy atom. The van der Waals surface area contributed by atoms with Crippen molar-refractivity contribution < 1.29 is 9.15 Å². The van der Waals surface area contributed by atoms with Crippen molar-refractivity contribution in [3.8, 4) is 11.8 Å². The van der Waals surface area contributed by atoms with Gasteiger partial charge in [0.25, 0.3) is 0 Å². The van der Waals surface area contributed by atoms with Crippen LogP contribution < -0.4 is 10.1 Å². The number of furan rings is 1. The molecule has 0 amide bonds. The third-order valence-electron chi connectivity index (χ3n) is 3.73. The summed E-state index contributed by atoms with van der Waals surface area (Å²) in [5.41, 5.74) is 2.00. The number of nitriles is 1. The third kappa shape index (κ3) is 2.57. The Kier molecular flexibility index (Phi) is 3.86. The Hall–Kier alpha value is -2.71. The summed E-state index contributed by atoms with van der Waals surface area (Å²) in [6.07, 6.45) is 3.61. The van der Waals surface area contributed by atoms with E-state index in [9.17, 15) is 5.26 Å². The Labute approximate surface area is 128 Å². The average molecular weight is 295 g/mol. The Morgan fingerprint density at radius 1 is 1.41 bits per heavy atom. The van der Waals surface area contributed by atoms with Crippen LogP contribution in [0.15, 0.2) is 47.2 Å². The highest BCUT2D eigenvalue weighted by molar-refractivity contribution is 5.86. The van der Waals surface area contributed by atoms with Gasteiger partial charge in [-0.2, -0.15) is 5.26 Å². The summed E-state index contributed by atoms with van der Waals surface area (Å²) < 4.78 is 12.6. The Bertz CT molecular complexity index is 812. The molecule has 0 saturated heterocycles. The fourth-order valence-corrected chi connectivity index (χ4v) is 2.60. The lowest BCUT2D eigenvalue weighted by Crippen LogP contribution is -2.19. The largest absolute Gasteiger partial charge is 0.497 e. The number of methoxy groups -OCH3 is 1. The molecule has 3 rings (SSSR count). The zero-order chi connectivity index (χ0) is 15.5. The molecular weight excluding hydrogens is 278 g/mol. The minimum absolute atomic E-state index is 0.416. The molecule has 0 bridgehead atoms. The topological polar surface area (TPSA) is 63.1 Å². The fraction of sp³-hybridized carbons (Fsp3) is 0.235. The SMILES string of the molecule is COc1ccc2c(c1)c(C(C#N)NCc1ccco1)cn2C. The molecule has 0 spiro atoms. The van der Waals surface area contributed by atoms with Crippen molar-refractivity contribution in [3.05, 3.63) is 54.1 Å². The van der Waals surface area contributed by atoms with Crippen LogP contribution in [-0.2, 0) is 13.6 Å². The van der Waals surface area contributed by atoms with Gasteiger partial charge in [0.1, 0.15) is 17.6 Å². The molecule has 5 heteroatoms. The highest BCUT2D eigenvalue weighted by Crippen LogP contribution is 2.29. The molecule has 1 unspecified atom stereocenters. The Morgan fingerprint density at radius 3 is 2.95 bits per heavy atom. The van der Waals surface area contributed by atoms with Crippen LogP contribution in [0.3, 0.4) is 0 Å². The van der Waals surface area contributed by atoms with Crippen molar-refractivity contribution >= 4 is 10.9 Å². The average Bonchev–Trinajstić information content (AvgIpc) is 3.17. The summed E-state index contributed by atoms with van der Waals surface area (Å²) in [4.78, 5) is 0. The molecule has 112 valence electrons. The van der Waals surface area contributed by atoms with Gasteiger partial charge < -0.3 is 13.7 Å². The maximum atomic E-state index is 9.52. The maximum absolute atomic E-state index is 9.52. The number of hydrogen-bond acceptors (Lipinski definition) is 4. The zero-order valence-corrected chi connectivity index (χ0v) is 12.5. The highest BCUT2D eigenvalue weighted by Gasteiger charge is 2.17. The second-order valence-corrected chi connectivity index (χ2v) is 5.10. The van der Waals surface area contributed by atoms with E-state index in [2.05, 4.69) is 11.4 Å². The van der Waals surface area contributed by atoms with Crippen LogP contribution in [0.1, 0.15) is 17.4 Å². The van der Waals surface area contributed by atoms with Crippen LogP contribution in [0.5, 0.6) is 5.75 Å². The predicted molar refractivity (Wildman–Crippen MR) is 83.4 cm³/mol. The van der Waals surface area contributed by atoms with E-state index in [0.717, 1.165) is 28.0 Å². The quantitative estimate of drug-likeness (QED) is 0.785. The van der Waals surface area contributed by atoms with Gasteiger partial charge in [0.2, 0.25) is 0 Å². The summed E-state index contributed by atoms with van der Waals surface area (Å²) in [5, 5.41) is 13.8. The van der Waals surface area contributed by atoms with E-state index in [0.29, 0.717) is 6.54 Å². The third-order valence-corrected chi connectivity index (χ3v) is 3.73. The lowest BCUT2D eigenvalue weighted by molar-refractivity contribution is 0.415. The molecule has 1 aromatic carbocycles. The number of nitrogens with one attached hydrogen (secondary N) is 1. The number of hydrogen-bond donors (Lipinski definition) is 1. The van der Waals surface area contributed by atoms with Crippen molar-refractivity contribution in [1.29, 1.82) is 5.26 Å². The minimum Gasteiger partial charge on any atom is -0.497 e. The van der Waals surface area contributed by atoms with Crippen molar-refractivity contribution in [2.45, 2.75) is 12.6 Å². The second kappa shape index (κ2) is 5.96.